The normalized spacial score (nSPS) is 16.9. The average molecular weight is 523 g/mol. The number of aryl methyl sites for hydroxylation is 1. The van der Waals surface area contributed by atoms with Crippen molar-refractivity contribution in [3.8, 4) is 11.5 Å². The molecule has 1 unspecified atom stereocenters. The van der Waals surface area contributed by atoms with Crippen LogP contribution in [-0.2, 0) is 9.59 Å². The molecule has 1 atom stereocenters. The van der Waals surface area contributed by atoms with Crippen molar-refractivity contribution in [1.29, 1.82) is 0 Å². The minimum absolute atomic E-state index is 0.0976. The quantitative estimate of drug-likeness (QED) is 0.148. The molecular weight excluding hydrogens is 480 g/mol. The molecule has 1 aliphatic rings. The Morgan fingerprint density at radius 1 is 0.974 bits per heavy atom. The van der Waals surface area contributed by atoms with Crippen LogP contribution in [0.3, 0.4) is 0 Å². The second kappa shape index (κ2) is 14.0. The number of unbranched alkanes of at least 4 members (excludes halogenated alkanes) is 2. The summed E-state index contributed by atoms with van der Waals surface area (Å²) in [6.07, 6.45) is 3.85. The monoisotopic (exact) mass is 522 g/mol. The topological polar surface area (TPSA) is 79.3 Å². The van der Waals surface area contributed by atoms with E-state index >= 15 is 0 Å². The molecule has 206 valence electrons. The van der Waals surface area contributed by atoms with Gasteiger partial charge < -0.3 is 24.4 Å². The number of hydrogen-bond donors (Lipinski definition) is 1. The number of ether oxygens (including phenoxy) is 2. The zero-order valence-electron chi connectivity index (χ0n) is 23.5. The highest BCUT2D eigenvalue weighted by Crippen LogP contribution is 2.42. The van der Waals surface area contributed by atoms with Gasteiger partial charge in [-0.3, -0.25) is 9.59 Å². The van der Waals surface area contributed by atoms with Crippen LogP contribution in [-0.4, -0.2) is 66.5 Å². The van der Waals surface area contributed by atoms with Crippen LogP contribution >= 0.6 is 0 Å². The molecule has 0 bridgehead atoms. The number of carbonyl (C=O) groups excluding carboxylic acids is 2. The van der Waals surface area contributed by atoms with Gasteiger partial charge in [0.25, 0.3) is 11.7 Å². The number of aliphatic hydroxyl groups excluding tert-OH is 1. The molecule has 1 saturated heterocycles. The summed E-state index contributed by atoms with van der Waals surface area (Å²) in [6, 6.07) is 12.0. The highest BCUT2D eigenvalue weighted by molar-refractivity contribution is 6.46. The number of benzene rings is 2. The zero-order valence-corrected chi connectivity index (χ0v) is 23.5. The molecule has 1 heterocycles. The summed E-state index contributed by atoms with van der Waals surface area (Å²) >= 11 is 0. The minimum atomic E-state index is -0.726. The van der Waals surface area contributed by atoms with Crippen LogP contribution in [0.5, 0.6) is 11.5 Å². The fourth-order valence-electron chi connectivity index (χ4n) is 4.84. The summed E-state index contributed by atoms with van der Waals surface area (Å²) in [5.74, 6) is -0.289. The van der Waals surface area contributed by atoms with Gasteiger partial charge in [0.15, 0.2) is 11.5 Å². The number of rotatable bonds is 14. The number of nitrogens with zero attached hydrogens (tertiary/aromatic N) is 2. The lowest BCUT2D eigenvalue weighted by molar-refractivity contribution is -0.140. The van der Waals surface area contributed by atoms with Crippen molar-refractivity contribution in [2.45, 2.75) is 59.4 Å². The SMILES string of the molecule is CCCCCOc1ccc(C2/C(=C(\O)c3ccc(C)cc3)C(=O)C(=O)N2CCCN(CC)CC)cc1OC. The van der Waals surface area contributed by atoms with Gasteiger partial charge in [-0.1, -0.05) is 69.5 Å². The van der Waals surface area contributed by atoms with Crippen molar-refractivity contribution in [3.63, 3.8) is 0 Å². The van der Waals surface area contributed by atoms with Gasteiger partial charge in [-0.2, -0.15) is 0 Å². The van der Waals surface area contributed by atoms with Gasteiger partial charge in [-0.05, 0) is 57.1 Å². The highest BCUT2D eigenvalue weighted by Gasteiger charge is 2.46. The number of methoxy groups -OCH3 is 1. The van der Waals surface area contributed by atoms with E-state index in [-0.39, 0.29) is 11.3 Å². The van der Waals surface area contributed by atoms with Gasteiger partial charge in [0.2, 0.25) is 0 Å². The van der Waals surface area contributed by atoms with E-state index in [2.05, 4.69) is 25.7 Å². The third kappa shape index (κ3) is 6.76. The van der Waals surface area contributed by atoms with Gasteiger partial charge in [0, 0.05) is 12.1 Å². The third-order valence-corrected chi connectivity index (χ3v) is 7.14. The summed E-state index contributed by atoms with van der Waals surface area (Å²) in [4.78, 5) is 30.5. The maximum absolute atomic E-state index is 13.3. The van der Waals surface area contributed by atoms with Crippen molar-refractivity contribution >= 4 is 17.4 Å². The molecule has 0 aliphatic carbocycles. The Kier molecular flexibility index (Phi) is 10.8. The van der Waals surface area contributed by atoms with Gasteiger partial charge in [-0.15, -0.1) is 0 Å². The van der Waals surface area contributed by atoms with Crippen LogP contribution in [0.25, 0.3) is 5.76 Å². The Morgan fingerprint density at radius 3 is 2.32 bits per heavy atom. The maximum Gasteiger partial charge on any atom is 0.295 e. The molecule has 3 rings (SSSR count). The molecular formula is C31H42N2O5. The summed E-state index contributed by atoms with van der Waals surface area (Å²) in [5, 5.41) is 11.3. The first-order valence-electron chi connectivity index (χ1n) is 13.7. The first-order valence-corrected chi connectivity index (χ1v) is 13.7. The van der Waals surface area contributed by atoms with Crippen LogP contribution in [0, 0.1) is 6.92 Å². The molecule has 38 heavy (non-hydrogen) atoms. The number of ketones is 1. The Hall–Kier alpha value is -3.32. The Morgan fingerprint density at radius 2 is 1.68 bits per heavy atom. The van der Waals surface area contributed by atoms with Gasteiger partial charge >= 0.3 is 0 Å². The Bertz CT molecular complexity index is 1120. The number of amides is 1. The molecule has 7 nitrogen and oxygen atoms in total. The number of likely N-dealkylation sites (tertiary alicyclic amines) is 1. The number of aliphatic hydroxyl groups is 1. The molecule has 1 fully saturated rings. The fourth-order valence-corrected chi connectivity index (χ4v) is 4.84. The van der Waals surface area contributed by atoms with Crippen molar-refractivity contribution < 1.29 is 24.2 Å². The van der Waals surface area contributed by atoms with Crippen LogP contribution in [0.15, 0.2) is 48.0 Å². The van der Waals surface area contributed by atoms with Crippen molar-refractivity contribution in [2.24, 2.45) is 0 Å². The molecule has 1 N–H and O–H groups in total. The van der Waals surface area contributed by atoms with E-state index < -0.39 is 17.7 Å². The van der Waals surface area contributed by atoms with E-state index in [9.17, 15) is 14.7 Å². The number of carbonyl (C=O) groups is 2. The van der Waals surface area contributed by atoms with Crippen molar-refractivity contribution in [1.82, 2.24) is 9.80 Å². The maximum atomic E-state index is 13.3. The predicted octanol–water partition coefficient (Wildman–Crippen LogP) is 5.73. The Labute approximate surface area is 227 Å². The smallest absolute Gasteiger partial charge is 0.295 e. The fraction of sp³-hybridized carbons (Fsp3) is 0.484. The second-order valence-electron chi connectivity index (χ2n) is 9.70. The van der Waals surface area contributed by atoms with Gasteiger partial charge in [0.05, 0.1) is 25.3 Å². The lowest BCUT2D eigenvalue weighted by Gasteiger charge is -2.27. The molecule has 0 saturated carbocycles. The molecule has 0 radical (unpaired) electrons. The van der Waals surface area contributed by atoms with Gasteiger partial charge in [-0.25, -0.2) is 0 Å². The summed E-state index contributed by atoms with van der Waals surface area (Å²) in [7, 11) is 1.57. The van der Waals surface area contributed by atoms with E-state index in [1.54, 1.807) is 24.1 Å². The molecule has 1 aliphatic heterocycles. The van der Waals surface area contributed by atoms with E-state index in [1.807, 2.05) is 37.3 Å². The largest absolute Gasteiger partial charge is 0.507 e. The third-order valence-electron chi connectivity index (χ3n) is 7.14. The van der Waals surface area contributed by atoms with Crippen LogP contribution in [0.2, 0.25) is 0 Å². The Balaban J connectivity index is 2.02. The molecule has 2 aromatic carbocycles. The van der Waals surface area contributed by atoms with Gasteiger partial charge in [0.1, 0.15) is 5.76 Å². The number of Topliss-reactive ketones (excluding diaryl/α,β-unsaturated/α-hetero) is 1. The summed E-state index contributed by atoms with van der Waals surface area (Å²) < 4.78 is 11.6. The van der Waals surface area contributed by atoms with Crippen molar-refractivity contribution in [2.75, 3.05) is 39.9 Å². The van der Waals surface area contributed by atoms with Crippen LogP contribution in [0.4, 0.5) is 0 Å². The zero-order chi connectivity index (χ0) is 27.7. The van der Waals surface area contributed by atoms with E-state index in [1.165, 1.54) is 0 Å². The molecule has 2 aromatic rings. The van der Waals surface area contributed by atoms with Crippen LogP contribution < -0.4 is 9.47 Å². The van der Waals surface area contributed by atoms with Crippen molar-refractivity contribution in [3.05, 3.63) is 64.7 Å². The molecule has 0 aromatic heterocycles. The lowest BCUT2D eigenvalue weighted by Crippen LogP contribution is -2.33. The average Bonchev–Trinajstić information content (AvgIpc) is 3.18. The molecule has 1 amide bonds. The first kappa shape index (κ1) is 29.2. The minimum Gasteiger partial charge on any atom is -0.507 e. The van der Waals surface area contributed by atoms with Crippen LogP contribution in [0.1, 0.15) is 69.2 Å². The van der Waals surface area contributed by atoms with E-state index in [0.717, 1.165) is 44.5 Å². The number of hydrogen-bond acceptors (Lipinski definition) is 6. The highest BCUT2D eigenvalue weighted by atomic mass is 16.5. The second-order valence-corrected chi connectivity index (χ2v) is 9.70. The summed E-state index contributed by atoms with van der Waals surface area (Å²) in [6.45, 7) is 11.9. The predicted molar refractivity (Wildman–Crippen MR) is 151 cm³/mol. The molecule has 0 spiro atoms. The lowest BCUT2D eigenvalue weighted by atomic mass is 9.94. The standard InChI is InChI=1S/C31H42N2O5/c1-6-9-10-20-38-25-17-16-24(21-26(25)37-5)28-27(29(34)23-14-12-22(4)13-15-23)30(35)31(36)33(28)19-11-18-32(7-2)8-3/h12-17,21,28,34H,6-11,18-20H2,1-5H3/b29-27+. The van der Waals surface area contributed by atoms with E-state index in [0.29, 0.717) is 42.2 Å². The van der Waals surface area contributed by atoms with E-state index in [4.69, 9.17) is 9.47 Å². The first-order chi connectivity index (χ1) is 18.4. The summed E-state index contributed by atoms with van der Waals surface area (Å²) in [5.41, 5.74) is 2.33. The molecule has 7 heteroatoms.